The fraction of sp³-hybridized carbons (Fsp3) is 0.294. The predicted octanol–water partition coefficient (Wildman–Crippen LogP) is 4.72. The summed E-state index contributed by atoms with van der Waals surface area (Å²) < 4.78 is 6.79. The minimum atomic E-state index is 0.0197. The smallest absolute Gasteiger partial charge is 0.270 e. The molecule has 1 aliphatic rings. The second-order valence-corrected chi connectivity index (χ2v) is 8.64. The van der Waals surface area contributed by atoms with Gasteiger partial charge in [0.1, 0.15) is 27.9 Å². The molecule has 8 heteroatoms. The molecule has 0 saturated carbocycles. The zero-order chi connectivity index (χ0) is 17.4. The number of rotatable bonds is 3. The van der Waals surface area contributed by atoms with Gasteiger partial charge >= 0.3 is 0 Å². The number of ether oxygens (including phenoxy) is 1. The van der Waals surface area contributed by atoms with Crippen molar-refractivity contribution < 1.29 is 9.53 Å². The van der Waals surface area contributed by atoms with Gasteiger partial charge in [-0.15, -0.1) is 0 Å². The van der Waals surface area contributed by atoms with E-state index in [4.69, 9.17) is 16.3 Å². The van der Waals surface area contributed by atoms with Crippen molar-refractivity contribution in [1.29, 1.82) is 0 Å². The Labute approximate surface area is 162 Å². The summed E-state index contributed by atoms with van der Waals surface area (Å²) >= 11 is 10.7. The summed E-state index contributed by atoms with van der Waals surface area (Å²) in [6.07, 6.45) is 1.75. The van der Waals surface area contributed by atoms with Crippen LogP contribution >= 0.6 is 38.9 Å². The molecule has 1 fully saturated rings. The first-order valence-electron chi connectivity index (χ1n) is 7.95. The Kier molecular flexibility index (Phi) is 4.71. The number of carbonyl (C=O) groups is 1. The van der Waals surface area contributed by atoms with Crippen molar-refractivity contribution in [3.05, 3.63) is 45.0 Å². The summed E-state index contributed by atoms with van der Waals surface area (Å²) in [7, 11) is 0. The number of hydrogen-bond acceptors (Lipinski definition) is 4. The van der Waals surface area contributed by atoms with Crippen LogP contribution in [0.2, 0.25) is 5.02 Å². The third-order valence-corrected chi connectivity index (χ3v) is 5.92. The second kappa shape index (κ2) is 6.97. The van der Waals surface area contributed by atoms with Crippen LogP contribution in [0.5, 0.6) is 5.75 Å². The Morgan fingerprint density at radius 2 is 2.04 bits per heavy atom. The molecule has 1 aromatic carbocycles. The third-order valence-electron chi connectivity index (χ3n) is 4.23. The number of fused-ring (bicyclic) bond motifs is 1. The van der Waals surface area contributed by atoms with E-state index in [2.05, 4.69) is 25.9 Å². The number of amides is 1. The number of carbonyl (C=O) groups excluding carboxylic acids is 1. The van der Waals surface area contributed by atoms with Gasteiger partial charge in [0.2, 0.25) is 0 Å². The van der Waals surface area contributed by atoms with E-state index in [0.29, 0.717) is 23.8 Å². The van der Waals surface area contributed by atoms with Gasteiger partial charge in [-0.05, 0) is 46.3 Å². The number of nitrogens with zero attached hydrogens (tertiary/aromatic N) is 2. The van der Waals surface area contributed by atoms with Crippen molar-refractivity contribution in [2.75, 3.05) is 13.1 Å². The molecule has 130 valence electrons. The molecule has 0 unspecified atom stereocenters. The van der Waals surface area contributed by atoms with E-state index >= 15 is 0 Å². The molecule has 0 radical (unpaired) electrons. The number of aromatic amines is 1. The fourth-order valence-electron chi connectivity index (χ4n) is 2.96. The molecular formula is C17H15BrClN3O2S. The Bertz CT molecular complexity index is 869. The van der Waals surface area contributed by atoms with Crippen LogP contribution in [0, 0.1) is 0 Å². The standard InChI is InChI=1S/C17H15BrClN3O2S/c18-17-21-13-9-14(20-15(13)25-17)16(23)22-7-5-12(6-8-22)24-11-3-1-10(19)2-4-11/h1-4,9,12,20H,5-8H2. The lowest BCUT2D eigenvalue weighted by Gasteiger charge is -2.32. The monoisotopic (exact) mass is 439 g/mol. The summed E-state index contributed by atoms with van der Waals surface area (Å²) in [5.74, 6) is 0.835. The van der Waals surface area contributed by atoms with Crippen LogP contribution < -0.4 is 4.74 Å². The Morgan fingerprint density at radius 1 is 1.32 bits per heavy atom. The summed E-state index contributed by atoms with van der Waals surface area (Å²) in [6.45, 7) is 1.36. The second-order valence-electron chi connectivity index (χ2n) is 5.93. The first-order valence-corrected chi connectivity index (χ1v) is 9.94. The number of nitrogens with one attached hydrogen (secondary N) is 1. The Balaban J connectivity index is 1.36. The number of hydrogen-bond donors (Lipinski definition) is 1. The van der Waals surface area contributed by atoms with Crippen molar-refractivity contribution in [2.45, 2.75) is 18.9 Å². The molecule has 1 amide bonds. The highest BCUT2D eigenvalue weighted by Crippen LogP contribution is 2.27. The average molecular weight is 441 g/mol. The van der Waals surface area contributed by atoms with Crippen LogP contribution in [-0.4, -0.2) is 40.0 Å². The maximum Gasteiger partial charge on any atom is 0.270 e. The molecule has 0 spiro atoms. The number of piperidine rings is 1. The van der Waals surface area contributed by atoms with Gasteiger partial charge in [-0.1, -0.05) is 22.9 Å². The normalized spacial score (nSPS) is 15.7. The van der Waals surface area contributed by atoms with Crippen molar-refractivity contribution in [3.8, 4) is 5.75 Å². The highest BCUT2D eigenvalue weighted by molar-refractivity contribution is 9.11. The molecule has 2 aromatic heterocycles. The fourth-order valence-corrected chi connectivity index (χ4v) is 4.44. The van der Waals surface area contributed by atoms with E-state index in [0.717, 1.165) is 32.9 Å². The van der Waals surface area contributed by atoms with Gasteiger partial charge in [-0.2, -0.15) is 0 Å². The first-order chi connectivity index (χ1) is 12.1. The summed E-state index contributed by atoms with van der Waals surface area (Å²) in [4.78, 5) is 22.9. The van der Waals surface area contributed by atoms with Gasteiger partial charge in [-0.3, -0.25) is 4.79 Å². The van der Waals surface area contributed by atoms with E-state index in [-0.39, 0.29) is 12.0 Å². The van der Waals surface area contributed by atoms with Crippen LogP contribution in [0.4, 0.5) is 0 Å². The number of benzene rings is 1. The lowest BCUT2D eigenvalue weighted by Crippen LogP contribution is -2.41. The Hall–Kier alpha value is -1.57. The molecule has 1 N–H and O–H groups in total. The van der Waals surface area contributed by atoms with Crippen LogP contribution in [0.3, 0.4) is 0 Å². The highest BCUT2D eigenvalue weighted by atomic mass is 79.9. The quantitative estimate of drug-likeness (QED) is 0.641. The van der Waals surface area contributed by atoms with E-state index in [9.17, 15) is 4.79 Å². The molecule has 4 rings (SSSR count). The zero-order valence-corrected chi connectivity index (χ0v) is 16.3. The maximum absolute atomic E-state index is 12.7. The molecule has 0 bridgehead atoms. The molecule has 0 atom stereocenters. The SMILES string of the molecule is O=C(c1cc2nc(Br)sc2[nH]1)N1CCC(Oc2ccc(Cl)cc2)CC1. The van der Waals surface area contributed by atoms with Crippen LogP contribution in [0.15, 0.2) is 34.2 Å². The molecule has 0 aliphatic carbocycles. The van der Waals surface area contributed by atoms with Gasteiger partial charge in [0.25, 0.3) is 5.91 Å². The molecule has 1 saturated heterocycles. The number of halogens is 2. The number of aromatic nitrogens is 2. The van der Waals surface area contributed by atoms with Crippen molar-refractivity contribution in [3.63, 3.8) is 0 Å². The van der Waals surface area contributed by atoms with Crippen LogP contribution in [-0.2, 0) is 0 Å². The topological polar surface area (TPSA) is 58.2 Å². The predicted molar refractivity (Wildman–Crippen MR) is 103 cm³/mol. The van der Waals surface area contributed by atoms with Crippen molar-refractivity contribution in [2.24, 2.45) is 0 Å². The lowest BCUT2D eigenvalue weighted by molar-refractivity contribution is 0.0591. The molecule has 3 heterocycles. The van der Waals surface area contributed by atoms with E-state index in [1.165, 1.54) is 11.3 Å². The van der Waals surface area contributed by atoms with Crippen LogP contribution in [0.25, 0.3) is 10.3 Å². The van der Waals surface area contributed by atoms with Gasteiger partial charge in [0.15, 0.2) is 3.92 Å². The van der Waals surface area contributed by atoms with E-state index in [1.54, 1.807) is 0 Å². The minimum absolute atomic E-state index is 0.0197. The number of thiazole rings is 1. The van der Waals surface area contributed by atoms with Crippen molar-refractivity contribution in [1.82, 2.24) is 14.9 Å². The summed E-state index contributed by atoms with van der Waals surface area (Å²) in [5.41, 5.74) is 1.42. The van der Waals surface area contributed by atoms with Crippen molar-refractivity contribution >= 4 is 55.1 Å². The van der Waals surface area contributed by atoms with Gasteiger partial charge < -0.3 is 14.6 Å². The maximum atomic E-state index is 12.7. The molecule has 1 aliphatic heterocycles. The molecule has 5 nitrogen and oxygen atoms in total. The number of likely N-dealkylation sites (tertiary alicyclic amines) is 1. The minimum Gasteiger partial charge on any atom is -0.490 e. The summed E-state index contributed by atoms with van der Waals surface area (Å²) in [6, 6.07) is 9.19. The highest BCUT2D eigenvalue weighted by Gasteiger charge is 2.26. The molecule has 25 heavy (non-hydrogen) atoms. The third kappa shape index (κ3) is 3.68. The average Bonchev–Trinajstić information content (AvgIpc) is 3.14. The molecular weight excluding hydrogens is 426 g/mol. The summed E-state index contributed by atoms with van der Waals surface area (Å²) in [5, 5.41) is 0.695. The van der Waals surface area contributed by atoms with Gasteiger partial charge in [-0.25, -0.2) is 4.98 Å². The van der Waals surface area contributed by atoms with Gasteiger partial charge in [0, 0.05) is 31.0 Å². The number of H-pyrrole nitrogens is 1. The molecule has 3 aromatic rings. The van der Waals surface area contributed by atoms with E-state index in [1.807, 2.05) is 35.2 Å². The van der Waals surface area contributed by atoms with E-state index < -0.39 is 0 Å². The Morgan fingerprint density at radius 3 is 2.72 bits per heavy atom. The first kappa shape index (κ1) is 16.9. The van der Waals surface area contributed by atoms with Gasteiger partial charge in [0.05, 0.1) is 0 Å². The van der Waals surface area contributed by atoms with Crippen LogP contribution in [0.1, 0.15) is 23.3 Å². The largest absolute Gasteiger partial charge is 0.490 e. The zero-order valence-electron chi connectivity index (χ0n) is 13.2. The lowest BCUT2D eigenvalue weighted by atomic mass is 10.1.